The fraction of sp³-hybridized carbons (Fsp3) is 0.429. The molecule has 28 heavy (non-hydrogen) atoms. The highest BCUT2D eigenvalue weighted by molar-refractivity contribution is 5.95. The number of rotatable bonds is 8. The largest absolute Gasteiger partial charge is 0.493 e. The van der Waals surface area contributed by atoms with Crippen molar-refractivity contribution < 1.29 is 23.7 Å². The lowest BCUT2D eigenvalue weighted by molar-refractivity contribution is 0.0506. The molecule has 7 nitrogen and oxygen atoms in total. The monoisotopic (exact) mass is 386 g/mol. The number of carbonyl (C=O) groups excluding carboxylic acids is 1. The zero-order valence-corrected chi connectivity index (χ0v) is 16.5. The van der Waals surface area contributed by atoms with Crippen molar-refractivity contribution >= 4 is 5.91 Å². The molecule has 0 aliphatic carbocycles. The molecule has 1 aliphatic heterocycles. The molecule has 1 saturated heterocycles. The summed E-state index contributed by atoms with van der Waals surface area (Å²) in [6, 6.07) is 7.17. The maximum atomic E-state index is 13.4. The van der Waals surface area contributed by atoms with E-state index in [0.29, 0.717) is 35.9 Å². The van der Waals surface area contributed by atoms with E-state index in [2.05, 4.69) is 4.98 Å². The quantitative estimate of drug-likeness (QED) is 0.695. The summed E-state index contributed by atoms with van der Waals surface area (Å²) in [5.74, 6) is 1.23. The smallest absolute Gasteiger partial charge is 0.254 e. The van der Waals surface area contributed by atoms with Crippen LogP contribution in [-0.4, -0.2) is 56.4 Å². The minimum atomic E-state index is -0.126. The van der Waals surface area contributed by atoms with E-state index in [0.717, 1.165) is 25.0 Å². The molecule has 0 spiro atoms. The molecule has 7 heteroatoms. The molecular weight excluding hydrogens is 360 g/mol. The second-order valence-corrected chi connectivity index (χ2v) is 6.60. The third kappa shape index (κ3) is 4.54. The van der Waals surface area contributed by atoms with Crippen LogP contribution in [0.4, 0.5) is 0 Å². The fourth-order valence-electron chi connectivity index (χ4n) is 3.35. The Bertz CT molecular complexity index is 766. The second-order valence-electron chi connectivity index (χ2n) is 6.60. The van der Waals surface area contributed by atoms with Crippen molar-refractivity contribution in [2.24, 2.45) is 0 Å². The van der Waals surface area contributed by atoms with Crippen molar-refractivity contribution in [3.05, 3.63) is 47.8 Å². The first kappa shape index (κ1) is 19.9. The molecule has 1 atom stereocenters. The zero-order chi connectivity index (χ0) is 19.9. The Morgan fingerprint density at radius 2 is 1.96 bits per heavy atom. The summed E-state index contributed by atoms with van der Waals surface area (Å²) in [5.41, 5.74) is 1.43. The summed E-state index contributed by atoms with van der Waals surface area (Å²) in [7, 11) is 4.60. The Balaban J connectivity index is 1.91. The van der Waals surface area contributed by atoms with Gasteiger partial charge in [0.25, 0.3) is 5.91 Å². The molecule has 150 valence electrons. The van der Waals surface area contributed by atoms with Gasteiger partial charge in [-0.15, -0.1) is 0 Å². The van der Waals surface area contributed by atoms with Gasteiger partial charge in [0.2, 0.25) is 5.75 Å². The molecule has 3 rings (SSSR count). The second kappa shape index (κ2) is 9.41. The van der Waals surface area contributed by atoms with Crippen LogP contribution >= 0.6 is 0 Å². The summed E-state index contributed by atoms with van der Waals surface area (Å²) in [4.78, 5) is 19.3. The first-order chi connectivity index (χ1) is 13.7. The average molecular weight is 386 g/mol. The van der Waals surface area contributed by atoms with Crippen LogP contribution in [-0.2, 0) is 11.3 Å². The van der Waals surface area contributed by atoms with Crippen molar-refractivity contribution in [1.29, 1.82) is 0 Å². The van der Waals surface area contributed by atoms with E-state index in [1.165, 1.54) is 21.3 Å². The van der Waals surface area contributed by atoms with E-state index in [1.54, 1.807) is 29.4 Å². The van der Waals surface area contributed by atoms with Gasteiger partial charge in [-0.2, -0.15) is 0 Å². The number of benzene rings is 1. The molecular formula is C21H26N2O5. The van der Waals surface area contributed by atoms with Crippen LogP contribution < -0.4 is 14.2 Å². The number of nitrogens with zero attached hydrogens (tertiary/aromatic N) is 2. The predicted molar refractivity (Wildman–Crippen MR) is 104 cm³/mol. The molecule has 1 fully saturated rings. The molecule has 2 aromatic rings. The Morgan fingerprint density at radius 1 is 1.21 bits per heavy atom. The van der Waals surface area contributed by atoms with Gasteiger partial charge in [-0.1, -0.05) is 6.07 Å². The summed E-state index contributed by atoms with van der Waals surface area (Å²) in [5, 5.41) is 0. The number of pyridine rings is 1. The molecule has 0 saturated carbocycles. The van der Waals surface area contributed by atoms with Gasteiger partial charge in [-0.05, 0) is 36.6 Å². The Labute approximate surface area is 165 Å². The SMILES string of the molecule is COc1cc(C(=O)N(Cc2cccnc2)CC2CCCO2)cc(OC)c1OC. The van der Waals surface area contributed by atoms with Crippen molar-refractivity contribution in [3.63, 3.8) is 0 Å². The number of carbonyl (C=O) groups is 1. The standard InChI is InChI=1S/C21H26N2O5/c1-25-18-10-16(11-19(26-2)20(18)27-3)21(24)23(14-17-7-5-9-28-17)13-15-6-4-8-22-12-15/h4,6,8,10-12,17H,5,7,9,13-14H2,1-3H3. The van der Waals surface area contributed by atoms with E-state index < -0.39 is 0 Å². The topological polar surface area (TPSA) is 70.1 Å². The van der Waals surface area contributed by atoms with Crippen molar-refractivity contribution in [3.8, 4) is 17.2 Å². The molecule has 0 N–H and O–H groups in total. The molecule has 0 bridgehead atoms. The zero-order valence-electron chi connectivity index (χ0n) is 16.5. The Morgan fingerprint density at radius 3 is 2.50 bits per heavy atom. The van der Waals surface area contributed by atoms with Gasteiger partial charge < -0.3 is 23.8 Å². The molecule has 2 heterocycles. The van der Waals surface area contributed by atoms with Crippen LogP contribution in [0, 0.1) is 0 Å². The first-order valence-electron chi connectivity index (χ1n) is 9.26. The summed E-state index contributed by atoms with van der Waals surface area (Å²) in [6.07, 6.45) is 5.50. The maximum Gasteiger partial charge on any atom is 0.254 e. The minimum Gasteiger partial charge on any atom is -0.493 e. The number of hydrogen-bond acceptors (Lipinski definition) is 6. The van der Waals surface area contributed by atoms with Crippen LogP contribution in [0.2, 0.25) is 0 Å². The predicted octanol–water partition coefficient (Wildman–Crippen LogP) is 2.93. The summed E-state index contributed by atoms with van der Waals surface area (Å²) < 4.78 is 21.9. The average Bonchev–Trinajstić information content (AvgIpc) is 3.25. The molecule has 0 radical (unpaired) electrons. The van der Waals surface area contributed by atoms with Crippen LogP contribution in [0.5, 0.6) is 17.2 Å². The maximum absolute atomic E-state index is 13.4. The lowest BCUT2D eigenvalue weighted by atomic mass is 10.1. The Hall–Kier alpha value is -2.80. The highest BCUT2D eigenvalue weighted by Crippen LogP contribution is 2.38. The van der Waals surface area contributed by atoms with Crippen LogP contribution in [0.25, 0.3) is 0 Å². The Kier molecular flexibility index (Phi) is 6.71. The van der Waals surface area contributed by atoms with Gasteiger partial charge in [-0.3, -0.25) is 9.78 Å². The highest BCUT2D eigenvalue weighted by atomic mass is 16.5. The molecule has 1 unspecified atom stereocenters. The highest BCUT2D eigenvalue weighted by Gasteiger charge is 2.26. The van der Waals surface area contributed by atoms with E-state index >= 15 is 0 Å². The number of hydrogen-bond donors (Lipinski definition) is 0. The van der Waals surface area contributed by atoms with Gasteiger partial charge >= 0.3 is 0 Å². The first-order valence-corrected chi connectivity index (χ1v) is 9.26. The van der Waals surface area contributed by atoms with Gasteiger partial charge in [0.15, 0.2) is 11.5 Å². The number of amides is 1. The van der Waals surface area contributed by atoms with E-state index in [1.807, 2.05) is 12.1 Å². The molecule has 1 aliphatic rings. The summed E-state index contributed by atoms with van der Waals surface area (Å²) >= 11 is 0. The molecule has 1 aromatic carbocycles. The third-order valence-electron chi connectivity index (χ3n) is 4.74. The van der Waals surface area contributed by atoms with Crippen molar-refractivity contribution in [2.45, 2.75) is 25.5 Å². The van der Waals surface area contributed by atoms with Crippen LogP contribution in [0.15, 0.2) is 36.7 Å². The number of ether oxygens (including phenoxy) is 4. The van der Waals surface area contributed by atoms with Crippen molar-refractivity contribution in [1.82, 2.24) is 9.88 Å². The lowest BCUT2D eigenvalue weighted by Gasteiger charge is -2.26. The normalized spacial score (nSPS) is 15.9. The lowest BCUT2D eigenvalue weighted by Crippen LogP contribution is -2.37. The van der Waals surface area contributed by atoms with Crippen LogP contribution in [0.3, 0.4) is 0 Å². The van der Waals surface area contributed by atoms with Crippen molar-refractivity contribution in [2.75, 3.05) is 34.5 Å². The molecule has 1 aromatic heterocycles. The van der Waals surface area contributed by atoms with Gasteiger partial charge in [0.05, 0.1) is 27.4 Å². The van der Waals surface area contributed by atoms with Gasteiger partial charge in [0, 0.05) is 37.7 Å². The number of aromatic nitrogens is 1. The van der Waals surface area contributed by atoms with E-state index in [9.17, 15) is 4.79 Å². The van der Waals surface area contributed by atoms with Gasteiger partial charge in [-0.25, -0.2) is 0 Å². The summed E-state index contributed by atoms with van der Waals surface area (Å²) in [6.45, 7) is 1.71. The molecule has 1 amide bonds. The van der Waals surface area contributed by atoms with Crippen LogP contribution in [0.1, 0.15) is 28.8 Å². The third-order valence-corrected chi connectivity index (χ3v) is 4.74. The van der Waals surface area contributed by atoms with E-state index in [4.69, 9.17) is 18.9 Å². The van der Waals surface area contributed by atoms with Gasteiger partial charge in [0.1, 0.15) is 0 Å². The fourth-order valence-corrected chi connectivity index (χ4v) is 3.35. The van der Waals surface area contributed by atoms with E-state index in [-0.39, 0.29) is 12.0 Å². The minimum absolute atomic E-state index is 0.0441. The number of methoxy groups -OCH3 is 3.